The average Bonchev–Trinajstić information content (AvgIpc) is 2.61. The number of nitrogens with one attached hydrogen (secondary N) is 1. The van der Waals surface area contributed by atoms with E-state index < -0.39 is 11.6 Å². The van der Waals surface area contributed by atoms with E-state index in [0.29, 0.717) is 12.1 Å². The number of amides is 2. The molecule has 1 N–H and O–H groups in total. The summed E-state index contributed by atoms with van der Waals surface area (Å²) in [5.41, 5.74) is 1.06. The van der Waals surface area contributed by atoms with Gasteiger partial charge in [-0.2, -0.15) is 0 Å². The van der Waals surface area contributed by atoms with Crippen LogP contribution in [0.15, 0.2) is 36.5 Å². The molecule has 134 valence electrons. The molecule has 1 saturated heterocycles. The Balaban J connectivity index is 1.83. The number of likely N-dealkylation sites (N-methyl/N-ethyl adjacent to an activating group) is 1. The van der Waals surface area contributed by atoms with Crippen LogP contribution in [-0.2, 0) is 0 Å². The molecule has 1 unspecified atom stereocenters. The highest BCUT2D eigenvalue weighted by molar-refractivity contribution is 5.76. The number of pyridine rings is 1. The Kier molecular flexibility index (Phi) is 4.64. The second-order valence-corrected chi connectivity index (χ2v) is 6.80. The Morgan fingerprint density at radius 1 is 1.23 bits per heavy atom. The van der Waals surface area contributed by atoms with Gasteiger partial charge in [-0.05, 0) is 44.2 Å². The second kappa shape index (κ2) is 6.75. The van der Waals surface area contributed by atoms with Gasteiger partial charge in [0.1, 0.15) is 11.6 Å². The SMILES string of the molecule is CN1C(=O)NCC(c2ccc(C#Cc3cc(F)ccc3F)cn2)C1(C)C. The predicted octanol–water partition coefficient (Wildman–Crippen LogP) is 3.28. The molecule has 0 radical (unpaired) electrons. The highest BCUT2D eigenvalue weighted by atomic mass is 19.1. The first kappa shape index (κ1) is 17.9. The van der Waals surface area contributed by atoms with Gasteiger partial charge in [-0.25, -0.2) is 13.6 Å². The number of hydrogen-bond donors (Lipinski definition) is 1. The molecular weight excluding hydrogens is 336 g/mol. The molecule has 0 saturated carbocycles. The Morgan fingerprint density at radius 3 is 2.69 bits per heavy atom. The first-order chi connectivity index (χ1) is 12.3. The van der Waals surface area contributed by atoms with Crippen molar-refractivity contribution in [3.63, 3.8) is 0 Å². The van der Waals surface area contributed by atoms with Crippen molar-refractivity contribution in [2.24, 2.45) is 0 Å². The molecule has 0 spiro atoms. The molecule has 1 aromatic heterocycles. The van der Waals surface area contributed by atoms with E-state index in [-0.39, 0.29) is 23.1 Å². The van der Waals surface area contributed by atoms with Crippen LogP contribution in [0.3, 0.4) is 0 Å². The van der Waals surface area contributed by atoms with E-state index >= 15 is 0 Å². The standard InChI is InChI=1S/C20H19F2N3O/c1-20(2)16(12-24-19(26)25(20)3)18-9-5-13(11-23-18)4-6-14-10-15(21)7-8-17(14)22/h5,7-11,16H,12H2,1-3H3,(H,24,26). The lowest BCUT2D eigenvalue weighted by Crippen LogP contribution is -2.60. The van der Waals surface area contributed by atoms with Gasteiger partial charge in [0.25, 0.3) is 0 Å². The molecule has 26 heavy (non-hydrogen) atoms. The Hall–Kier alpha value is -2.94. The number of carbonyl (C=O) groups is 1. The van der Waals surface area contributed by atoms with Crippen molar-refractivity contribution in [1.29, 1.82) is 0 Å². The van der Waals surface area contributed by atoms with E-state index in [1.807, 2.05) is 19.9 Å². The van der Waals surface area contributed by atoms with Crippen LogP contribution in [0.25, 0.3) is 0 Å². The van der Waals surface area contributed by atoms with E-state index in [2.05, 4.69) is 22.1 Å². The predicted molar refractivity (Wildman–Crippen MR) is 94.6 cm³/mol. The van der Waals surface area contributed by atoms with Crippen LogP contribution < -0.4 is 5.32 Å². The van der Waals surface area contributed by atoms with E-state index in [4.69, 9.17) is 0 Å². The number of rotatable bonds is 1. The fraction of sp³-hybridized carbons (Fsp3) is 0.300. The van der Waals surface area contributed by atoms with Crippen molar-refractivity contribution < 1.29 is 13.6 Å². The maximum absolute atomic E-state index is 13.6. The summed E-state index contributed by atoms with van der Waals surface area (Å²) < 4.78 is 26.8. The molecule has 2 amide bonds. The van der Waals surface area contributed by atoms with Crippen LogP contribution in [0.4, 0.5) is 13.6 Å². The molecule has 2 heterocycles. The van der Waals surface area contributed by atoms with Crippen molar-refractivity contribution in [2.45, 2.75) is 25.3 Å². The quantitative estimate of drug-likeness (QED) is 0.798. The summed E-state index contributed by atoms with van der Waals surface area (Å²) in [6.07, 6.45) is 1.60. The summed E-state index contributed by atoms with van der Waals surface area (Å²) in [4.78, 5) is 18.0. The molecule has 1 atom stereocenters. The molecule has 0 bridgehead atoms. The van der Waals surface area contributed by atoms with Crippen LogP contribution in [-0.4, -0.2) is 35.0 Å². The van der Waals surface area contributed by atoms with Crippen LogP contribution in [0, 0.1) is 23.5 Å². The van der Waals surface area contributed by atoms with Gasteiger partial charge in [0.05, 0.1) is 5.56 Å². The zero-order chi connectivity index (χ0) is 18.9. The van der Waals surface area contributed by atoms with Crippen molar-refractivity contribution in [1.82, 2.24) is 15.2 Å². The van der Waals surface area contributed by atoms with Crippen LogP contribution in [0.2, 0.25) is 0 Å². The van der Waals surface area contributed by atoms with Crippen molar-refractivity contribution in [3.8, 4) is 11.8 Å². The second-order valence-electron chi connectivity index (χ2n) is 6.80. The van der Waals surface area contributed by atoms with E-state index in [9.17, 15) is 13.6 Å². The number of urea groups is 1. The van der Waals surface area contributed by atoms with Gasteiger partial charge in [0.15, 0.2) is 0 Å². The summed E-state index contributed by atoms with van der Waals surface area (Å²) >= 11 is 0. The van der Waals surface area contributed by atoms with Gasteiger partial charge in [-0.15, -0.1) is 0 Å². The molecule has 1 fully saturated rings. The molecular formula is C20H19F2N3O. The molecule has 1 aliphatic rings. The Bertz CT molecular complexity index is 898. The van der Waals surface area contributed by atoms with Crippen LogP contribution in [0.5, 0.6) is 0 Å². The van der Waals surface area contributed by atoms with Gasteiger partial charge in [0, 0.05) is 42.5 Å². The maximum Gasteiger partial charge on any atom is 0.317 e. The molecule has 3 rings (SSSR count). The number of benzene rings is 1. The Morgan fingerprint density at radius 2 is 2.00 bits per heavy atom. The minimum Gasteiger partial charge on any atom is -0.337 e. The smallest absolute Gasteiger partial charge is 0.317 e. The van der Waals surface area contributed by atoms with Crippen LogP contribution >= 0.6 is 0 Å². The maximum atomic E-state index is 13.6. The largest absolute Gasteiger partial charge is 0.337 e. The summed E-state index contributed by atoms with van der Waals surface area (Å²) in [6, 6.07) is 6.70. The zero-order valence-corrected chi connectivity index (χ0v) is 14.8. The third-order valence-corrected chi connectivity index (χ3v) is 4.89. The first-order valence-corrected chi connectivity index (χ1v) is 8.23. The molecule has 6 heteroatoms. The highest BCUT2D eigenvalue weighted by Gasteiger charge is 2.41. The number of nitrogens with zero attached hydrogens (tertiary/aromatic N) is 2. The molecule has 1 aliphatic heterocycles. The normalized spacial score (nSPS) is 18.7. The lowest BCUT2D eigenvalue weighted by molar-refractivity contribution is 0.111. The summed E-state index contributed by atoms with van der Waals surface area (Å²) in [5.74, 6) is 4.35. The fourth-order valence-electron chi connectivity index (χ4n) is 2.94. The fourth-order valence-corrected chi connectivity index (χ4v) is 2.94. The average molecular weight is 355 g/mol. The number of hydrogen-bond acceptors (Lipinski definition) is 2. The molecule has 2 aromatic rings. The van der Waals surface area contributed by atoms with Gasteiger partial charge in [-0.1, -0.05) is 11.8 Å². The van der Waals surface area contributed by atoms with Gasteiger partial charge in [-0.3, -0.25) is 4.98 Å². The first-order valence-electron chi connectivity index (χ1n) is 8.23. The summed E-state index contributed by atoms with van der Waals surface area (Å²) in [7, 11) is 1.76. The Labute approximate surface area is 151 Å². The third kappa shape index (κ3) is 3.38. The molecule has 1 aromatic carbocycles. The van der Waals surface area contributed by atoms with E-state index in [1.54, 1.807) is 24.2 Å². The molecule has 0 aliphatic carbocycles. The third-order valence-electron chi connectivity index (χ3n) is 4.89. The highest BCUT2D eigenvalue weighted by Crippen LogP contribution is 2.33. The lowest BCUT2D eigenvalue weighted by Gasteiger charge is -2.45. The van der Waals surface area contributed by atoms with Crippen LogP contribution in [0.1, 0.15) is 36.6 Å². The molecule has 4 nitrogen and oxygen atoms in total. The number of carbonyl (C=O) groups excluding carboxylic acids is 1. The topological polar surface area (TPSA) is 45.2 Å². The van der Waals surface area contributed by atoms with Gasteiger partial charge >= 0.3 is 6.03 Å². The summed E-state index contributed by atoms with van der Waals surface area (Å²) in [6.45, 7) is 4.50. The van der Waals surface area contributed by atoms with Gasteiger partial charge < -0.3 is 10.2 Å². The minimum absolute atomic E-state index is 0.00632. The van der Waals surface area contributed by atoms with Crippen molar-refractivity contribution >= 4 is 6.03 Å². The lowest BCUT2D eigenvalue weighted by atomic mass is 9.81. The van der Waals surface area contributed by atoms with Crippen molar-refractivity contribution in [2.75, 3.05) is 13.6 Å². The monoisotopic (exact) mass is 355 g/mol. The van der Waals surface area contributed by atoms with Gasteiger partial charge in [0.2, 0.25) is 0 Å². The number of halogens is 2. The summed E-state index contributed by atoms with van der Waals surface area (Å²) in [5, 5.41) is 2.85. The minimum atomic E-state index is -0.564. The van der Waals surface area contributed by atoms with Crippen molar-refractivity contribution in [3.05, 3.63) is 65.0 Å². The number of aromatic nitrogens is 1. The van der Waals surface area contributed by atoms with E-state index in [1.165, 1.54) is 0 Å². The zero-order valence-electron chi connectivity index (χ0n) is 14.8. The van der Waals surface area contributed by atoms with E-state index in [0.717, 1.165) is 23.9 Å².